The smallest absolute Gasteiger partial charge is 0.170 e. The predicted octanol–water partition coefficient (Wildman–Crippen LogP) is 2.18. The molecule has 21 heavy (non-hydrogen) atoms. The van der Waals surface area contributed by atoms with E-state index in [1.807, 2.05) is 42.5 Å². The van der Waals surface area contributed by atoms with Gasteiger partial charge >= 0.3 is 0 Å². The molecule has 0 radical (unpaired) electrons. The number of nitrogens with zero attached hydrogens (tertiary/aromatic N) is 2. The number of amidine groups is 1. The second-order valence-electron chi connectivity index (χ2n) is 4.91. The normalized spacial score (nSPS) is 15.0. The number of benzene rings is 2. The summed E-state index contributed by atoms with van der Waals surface area (Å²) in [4.78, 5) is 2.25. The van der Waals surface area contributed by atoms with E-state index < -0.39 is 0 Å². The second-order valence-corrected chi connectivity index (χ2v) is 4.91. The van der Waals surface area contributed by atoms with E-state index in [1.165, 1.54) is 5.56 Å². The highest BCUT2D eigenvalue weighted by atomic mass is 16.5. The maximum absolute atomic E-state index is 8.69. The number of rotatable bonds is 2. The molecule has 0 spiro atoms. The maximum Gasteiger partial charge on any atom is 0.170 e. The molecule has 3 rings (SSSR count). The molecule has 0 saturated carbocycles. The van der Waals surface area contributed by atoms with E-state index in [9.17, 15) is 0 Å². The molecule has 0 amide bonds. The molecule has 0 fully saturated rings. The van der Waals surface area contributed by atoms with Gasteiger partial charge < -0.3 is 20.6 Å². The van der Waals surface area contributed by atoms with Gasteiger partial charge in [0.05, 0.1) is 6.54 Å². The Balaban J connectivity index is 1.84. The van der Waals surface area contributed by atoms with Gasteiger partial charge in [-0.1, -0.05) is 23.4 Å². The first-order valence-corrected chi connectivity index (χ1v) is 6.81. The Morgan fingerprint density at radius 2 is 1.90 bits per heavy atom. The molecule has 0 aromatic heterocycles. The molecule has 5 heteroatoms. The average molecular weight is 283 g/mol. The molecule has 0 aliphatic carbocycles. The molecule has 0 bridgehead atoms. The van der Waals surface area contributed by atoms with Crippen LogP contribution < -0.4 is 15.4 Å². The first-order valence-electron chi connectivity index (χ1n) is 6.81. The van der Waals surface area contributed by atoms with E-state index in [2.05, 4.69) is 16.1 Å². The van der Waals surface area contributed by atoms with Gasteiger partial charge in [-0.3, -0.25) is 0 Å². The number of hydrogen-bond acceptors (Lipinski definition) is 4. The van der Waals surface area contributed by atoms with Crippen molar-refractivity contribution in [3.05, 3.63) is 59.7 Å². The minimum Gasteiger partial charge on any atom is -0.491 e. The molecule has 3 N–H and O–H groups in total. The summed E-state index contributed by atoms with van der Waals surface area (Å²) in [5.41, 5.74) is 8.54. The maximum atomic E-state index is 8.69. The molecular weight excluding hydrogens is 266 g/mol. The van der Waals surface area contributed by atoms with Gasteiger partial charge in [0, 0.05) is 23.4 Å². The van der Waals surface area contributed by atoms with Gasteiger partial charge in [0.1, 0.15) is 12.4 Å². The Kier molecular flexibility index (Phi) is 3.64. The minimum atomic E-state index is 0.117. The standard InChI is InChI=1S/C16H17N3O2/c17-16(18-20)12-5-7-14(8-6-12)19-9-10-21-15-4-2-1-3-13(15)11-19/h1-8,20H,9-11H2,(H2,17,18). The largest absolute Gasteiger partial charge is 0.491 e. The van der Waals surface area contributed by atoms with Gasteiger partial charge in [-0.15, -0.1) is 0 Å². The van der Waals surface area contributed by atoms with Crippen molar-refractivity contribution in [3.8, 4) is 5.75 Å². The lowest BCUT2D eigenvalue weighted by molar-refractivity contribution is 0.318. The van der Waals surface area contributed by atoms with Gasteiger partial charge in [0.15, 0.2) is 5.84 Å². The molecule has 1 heterocycles. The summed E-state index contributed by atoms with van der Waals surface area (Å²) in [6, 6.07) is 15.7. The van der Waals surface area contributed by atoms with Crippen molar-refractivity contribution < 1.29 is 9.94 Å². The minimum absolute atomic E-state index is 0.117. The molecule has 5 nitrogen and oxygen atoms in total. The van der Waals surface area contributed by atoms with Crippen molar-refractivity contribution >= 4 is 11.5 Å². The van der Waals surface area contributed by atoms with Crippen LogP contribution in [0.3, 0.4) is 0 Å². The third-order valence-electron chi connectivity index (χ3n) is 3.59. The van der Waals surface area contributed by atoms with Crippen LogP contribution in [0.5, 0.6) is 5.75 Å². The first-order chi connectivity index (χ1) is 10.3. The van der Waals surface area contributed by atoms with Gasteiger partial charge in [-0.2, -0.15) is 0 Å². The number of oxime groups is 1. The summed E-state index contributed by atoms with van der Waals surface area (Å²) in [5, 5.41) is 11.7. The Labute approximate surface area is 123 Å². The van der Waals surface area contributed by atoms with Crippen molar-refractivity contribution in [2.45, 2.75) is 6.54 Å². The summed E-state index contributed by atoms with van der Waals surface area (Å²) in [6.07, 6.45) is 0. The number of ether oxygens (including phenoxy) is 1. The van der Waals surface area contributed by atoms with E-state index in [-0.39, 0.29) is 5.84 Å². The zero-order valence-electron chi connectivity index (χ0n) is 11.6. The van der Waals surface area contributed by atoms with E-state index >= 15 is 0 Å². The summed E-state index contributed by atoms with van der Waals surface area (Å²) in [7, 11) is 0. The van der Waals surface area contributed by atoms with Gasteiger partial charge in [0.2, 0.25) is 0 Å². The Hall–Kier alpha value is -2.69. The van der Waals surface area contributed by atoms with Gasteiger partial charge in [0.25, 0.3) is 0 Å². The van der Waals surface area contributed by atoms with Crippen molar-refractivity contribution in [1.29, 1.82) is 0 Å². The summed E-state index contributed by atoms with van der Waals surface area (Å²) in [5.74, 6) is 1.07. The second kappa shape index (κ2) is 5.75. The Bertz CT molecular complexity index is 653. The summed E-state index contributed by atoms with van der Waals surface area (Å²) in [6.45, 7) is 2.27. The third-order valence-corrected chi connectivity index (χ3v) is 3.59. The highest BCUT2D eigenvalue weighted by Gasteiger charge is 2.15. The molecule has 1 aliphatic rings. The lowest BCUT2D eigenvalue weighted by atomic mass is 10.1. The summed E-state index contributed by atoms with van der Waals surface area (Å²) < 4.78 is 5.77. The third kappa shape index (κ3) is 2.76. The summed E-state index contributed by atoms with van der Waals surface area (Å²) >= 11 is 0. The topological polar surface area (TPSA) is 71.1 Å². The van der Waals surface area contributed by atoms with Crippen LogP contribution in [0, 0.1) is 0 Å². The van der Waals surface area contributed by atoms with E-state index in [0.717, 1.165) is 24.5 Å². The molecule has 0 atom stereocenters. The fraction of sp³-hybridized carbons (Fsp3) is 0.188. The predicted molar refractivity (Wildman–Crippen MR) is 81.9 cm³/mol. The molecular formula is C16H17N3O2. The molecule has 0 unspecified atom stereocenters. The zero-order valence-corrected chi connectivity index (χ0v) is 11.6. The zero-order chi connectivity index (χ0) is 14.7. The van der Waals surface area contributed by atoms with Crippen LogP contribution in [0.4, 0.5) is 5.69 Å². The molecule has 108 valence electrons. The van der Waals surface area contributed by atoms with Gasteiger partial charge in [-0.05, 0) is 30.3 Å². The lowest BCUT2D eigenvalue weighted by Crippen LogP contribution is -2.25. The van der Waals surface area contributed by atoms with Crippen LogP contribution >= 0.6 is 0 Å². The van der Waals surface area contributed by atoms with E-state index in [0.29, 0.717) is 12.2 Å². The van der Waals surface area contributed by atoms with E-state index in [4.69, 9.17) is 15.7 Å². The molecule has 2 aromatic carbocycles. The highest BCUT2D eigenvalue weighted by Crippen LogP contribution is 2.26. The average Bonchev–Trinajstić information content (AvgIpc) is 2.76. The van der Waals surface area contributed by atoms with Crippen molar-refractivity contribution in [3.63, 3.8) is 0 Å². The number of para-hydroxylation sites is 1. The highest BCUT2D eigenvalue weighted by molar-refractivity contribution is 5.97. The van der Waals surface area contributed by atoms with Crippen molar-refractivity contribution in [2.75, 3.05) is 18.1 Å². The fourth-order valence-corrected chi connectivity index (χ4v) is 2.45. The SMILES string of the molecule is NC(=NO)c1ccc(N2CCOc3ccccc3C2)cc1. The van der Waals surface area contributed by atoms with Crippen LogP contribution in [0.15, 0.2) is 53.7 Å². The molecule has 0 saturated heterocycles. The van der Waals surface area contributed by atoms with Crippen LogP contribution in [0.1, 0.15) is 11.1 Å². The lowest BCUT2D eigenvalue weighted by Gasteiger charge is -2.22. The van der Waals surface area contributed by atoms with Crippen LogP contribution in [0.25, 0.3) is 0 Å². The Morgan fingerprint density at radius 1 is 1.14 bits per heavy atom. The number of hydrogen-bond donors (Lipinski definition) is 2. The van der Waals surface area contributed by atoms with Crippen LogP contribution in [0.2, 0.25) is 0 Å². The van der Waals surface area contributed by atoms with Crippen LogP contribution in [-0.2, 0) is 6.54 Å². The number of fused-ring (bicyclic) bond motifs is 1. The number of nitrogens with two attached hydrogens (primary N) is 1. The van der Waals surface area contributed by atoms with Crippen molar-refractivity contribution in [1.82, 2.24) is 0 Å². The molecule has 1 aliphatic heterocycles. The number of anilines is 1. The van der Waals surface area contributed by atoms with Crippen molar-refractivity contribution in [2.24, 2.45) is 10.9 Å². The monoisotopic (exact) mass is 283 g/mol. The first kappa shape index (κ1) is 13.3. The van der Waals surface area contributed by atoms with E-state index in [1.54, 1.807) is 0 Å². The van der Waals surface area contributed by atoms with Crippen LogP contribution in [-0.4, -0.2) is 24.2 Å². The fourth-order valence-electron chi connectivity index (χ4n) is 2.45. The van der Waals surface area contributed by atoms with Gasteiger partial charge in [-0.25, -0.2) is 0 Å². The molecule has 2 aromatic rings. The quantitative estimate of drug-likeness (QED) is 0.383. The Morgan fingerprint density at radius 3 is 2.67 bits per heavy atom.